The molecule has 2 aromatic rings. The van der Waals surface area contributed by atoms with E-state index in [1.165, 1.54) is 13.2 Å². The summed E-state index contributed by atoms with van der Waals surface area (Å²) in [5.41, 5.74) is -0.427. The van der Waals surface area contributed by atoms with Gasteiger partial charge in [-0.1, -0.05) is 11.6 Å². The van der Waals surface area contributed by atoms with Crippen LogP contribution in [0.5, 0.6) is 5.75 Å². The smallest absolute Gasteiger partial charge is 0.354 e. The Kier molecular flexibility index (Phi) is 2.85. The van der Waals surface area contributed by atoms with Crippen LogP contribution in [0.25, 0.3) is 10.9 Å². The molecule has 0 aliphatic rings. The summed E-state index contributed by atoms with van der Waals surface area (Å²) in [6, 6.07) is 3.72. The molecule has 17 heavy (non-hydrogen) atoms. The van der Waals surface area contributed by atoms with Gasteiger partial charge in [-0.15, -0.1) is 0 Å². The van der Waals surface area contributed by atoms with Gasteiger partial charge in [0.15, 0.2) is 5.69 Å². The molecule has 0 radical (unpaired) electrons. The molecule has 0 atom stereocenters. The van der Waals surface area contributed by atoms with Crippen LogP contribution in [0.2, 0.25) is 5.02 Å². The molecule has 2 rings (SSSR count). The lowest BCUT2D eigenvalue weighted by molar-refractivity contribution is 0.0691. The Morgan fingerprint density at radius 1 is 1.53 bits per heavy atom. The normalized spacial score (nSPS) is 10.5. The molecule has 1 N–H and O–H groups in total. The van der Waals surface area contributed by atoms with Crippen LogP contribution in [0.1, 0.15) is 10.5 Å². The van der Waals surface area contributed by atoms with Gasteiger partial charge in [0.1, 0.15) is 17.1 Å². The predicted molar refractivity (Wildman–Crippen MR) is 60.2 cm³/mol. The highest BCUT2D eigenvalue weighted by Gasteiger charge is 2.15. The highest BCUT2D eigenvalue weighted by atomic mass is 35.5. The molecule has 6 heteroatoms. The van der Waals surface area contributed by atoms with Crippen LogP contribution in [0.15, 0.2) is 18.2 Å². The summed E-state index contributed by atoms with van der Waals surface area (Å²) in [6.45, 7) is 0. The van der Waals surface area contributed by atoms with E-state index in [0.29, 0.717) is 5.75 Å². The third-order valence-electron chi connectivity index (χ3n) is 2.26. The highest BCUT2D eigenvalue weighted by Crippen LogP contribution is 2.33. The van der Waals surface area contributed by atoms with Gasteiger partial charge in [0.25, 0.3) is 0 Å². The van der Waals surface area contributed by atoms with Crippen molar-refractivity contribution < 1.29 is 19.0 Å². The number of methoxy groups -OCH3 is 1. The van der Waals surface area contributed by atoms with Crippen molar-refractivity contribution in [3.05, 3.63) is 34.7 Å². The van der Waals surface area contributed by atoms with Gasteiger partial charge in [0.2, 0.25) is 0 Å². The molecule has 0 saturated heterocycles. The Bertz CT molecular complexity index is 615. The minimum atomic E-state index is -1.27. The van der Waals surface area contributed by atoms with Gasteiger partial charge >= 0.3 is 5.97 Å². The molecule has 1 heterocycles. The zero-order valence-electron chi connectivity index (χ0n) is 8.70. The number of carboxylic acids is 1. The van der Waals surface area contributed by atoms with Crippen LogP contribution < -0.4 is 4.74 Å². The lowest BCUT2D eigenvalue weighted by Gasteiger charge is -2.08. The van der Waals surface area contributed by atoms with Crippen molar-refractivity contribution in [2.24, 2.45) is 0 Å². The Hall–Kier alpha value is -1.88. The van der Waals surface area contributed by atoms with E-state index in [9.17, 15) is 9.18 Å². The number of carbonyl (C=O) groups is 1. The van der Waals surface area contributed by atoms with E-state index in [-0.39, 0.29) is 21.6 Å². The van der Waals surface area contributed by atoms with Crippen LogP contribution in [-0.4, -0.2) is 23.2 Å². The Morgan fingerprint density at radius 3 is 2.82 bits per heavy atom. The molecule has 0 bridgehead atoms. The van der Waals surface area contributed by atoms with Gasteiger partial charge in [-0.25, -0.2) is 14.2 Å². The summed E-state index contributed by atoms with van der Waals surface area (Å²) in [5.74, 6) is -1.57. The van der Waals surface area contributed by atoms with Crippen LogP contribution in [0.4, 0.5) is 4.39 Å². The first-order valence-corrected chi connectivity index (χ1v) is 4.98. The lowest BCUT2D eigenvalue weighted by atomic mass is 10.1. The van der Waals surface area contributed by atoms with Gasteiger partial charge in [0.05, 0.1) is 17.5 Å². The number of rotatable bonds is 2. The number of nitrogens with zero attached hydrogens (tertiary/aromatic N) is 1. The zero-order chi connectivity index (χ0) is 12.6. The fraction of sp³-hybridized carbons (Fsp3) is 0.0909. The van der Waals surface area contributed by atoms with Gasteiger partial charge in [-0.05, 0) is 18.2 Å². The number of aromatic nitrogens is 1. The fourth-order valence-corrected chi connectivity index (χ4v) is 1.80. The molecule has 0 fully saturated rings. The summed E-state index contributed by atoms with van der Waals surface area (Å²) in [7, 11) is 1.41. The number of ether oxygens (including phenoxy) is 1. The van der Waals surface area contributed by atoms with E-state index >= 15 is 0 Å². The minimum Gasteiger partial charge on any atom is -0.496 e. The molecular weight excluding hydrogens is 249 g/mol. The van der Waals surface area contributed by atoms with E-state index in [4.69, 9.17) is 21.4 Å². The number of hydrogen-bond donors (Lipinski definition) is 1. The molecular formula is C11H7ClFNO3. The third-order valence-corrected chi connectivity index (χ3v) is 2.56. The number of fused-ring (bicyclic) bond motifs is 1. The molecule has 88 valence electrons. The minimum absolute atomic E-state index is 0.0868. The lowest BCUT2D eigenvalue weighted by Crippen LogP contribution is -2.02. The molecule has 0 aliphatic carbocycles. The van der Waals surface area contributed by atoms with Crippen LogP contribution in [-0.2, 0) is 0 Å². The summed E-state index contributed by atoms with van der Waals surface area (Å²) in [6.07, 6.45) is 0. The van der Waals surface area contributed by atoms with Gasteiger partial charge < -0.3 is 9.84 Å². The van der Waals surface area contributed by atoms with E-state index in [1.54, 1.807) is 0 Å². The van der Waals surface area contributed by atoms with Crippen molar-refractivity contribution >= 4 is 28.5 Å². The number of benzene rings is 1. The summed E-state index contributed by atoms with van der Waals surface area (Å²) in [4.78, 5) is 14.5. The van der Waals surface area contributed by atoms with Gasteiger partial charge in [-0.3, -0.25) is 0 Å². The second kappa shape index (κ2) is 4.18. The number of halogens is 2. The topological polar surface area (TPSA) is 59.4 Å². The Labute approximate surface area is 101 Å². The summed E-state index contributed by atoms with van der Waals surface area (Å²) < 4.78 is 18.6. The Balaban J connectivity index is 2.89. The number of hydrogen-bond acceptors (Lipinski definition) is 3. The largest absolute Gasteiger partial charge is 0.496 e. The molecule has 1 aromatic heterocycles. The monoisotopic (exact) mass is 255 g/mol. The third kappa shape index (κ3) is 1.89. The first kappa shape index (κ1) is 11.6. The molecule has 0 spiro atoms. The van der Waals surface area contributed by atoms with Crippen molar-refractivity contribution in [1.82, 2.24) is 4.98 Å². The molecule has 0 amide bonds. The van der Waals surface area contributed by atoms with Crippen LogP contribution in [0.3, 0.4) is 0 Å². The van der Waals surface area contributed by atoms with Crippen molar-refractivity contribution in [2.45, 2.75) is 0 Å². The highest BCUT2D eigenvalue weighted by molar-refractivity contribution is 6.36. The van der Waals surface area contributed by atoms with Crippen molar-refractivity contribution in [2.75, 3.05) is 7.11 Å². The maximum Gasteiger partial charge on any atom is 0.354 e. The molecule has 0 saturated carbocycles. The van der Waals surface area contributed by atoms with E-state index in [0.717, 1.165) is 12.1 Å². The Morgan fingerprint density at radius 2 is 2.24 bits per heavy atom. The zero-order valence-corrected chi connectivity index (χ0v) is 9.45. The fourth-order valence-electron chi connectivity index (χ4n) is 1.51. The molecule has 4 nitrogen and oxygen atoms in total. The van der Waals surface area contributed by atoms with Crippen LogP contribution >= 0.6 is 11.6 Å². The number of aromatic carboxylic acids is 1. The standard InChI is InChI=1S/C11H7ClFNO3/c1-17-8-3-2-6(13)10-9(8)5(12)4-7(14-10)11(15)16/h2-4H,1H3,(H,15,16). The van der Waals surface area contributed by atoms with E-state index in [2.05, 4.69) is 4.98 Å². The van der Waals surface area contributed by atoms with Crippen molar-refractivity contribution in [3.8, 4) is 5.75 Å². The van der Waals surface area contributed by atoms with Crippen molar-refractivity contribution in [1.29, 1.82) is 0 Å². The first-order valence-electron chi connectivity index (χ1n) is 4.60. The van der Waals surface area contributed by atoms with Gasteiger partial charge in [0, 0.05) is 0 Å². The van der Waals surface area contributed by atoms with E-state index < -0.39 is 11.8 Å². The maximum atomic E-state index is 13.6. The quantitative estimate of drug-likeness (QED) is 0.896. The van der Waals surface area contributed by atoms with Crippen molar-refractivity contribution in [3.63, 3.8) is 0 Å². The average Bonchev–Trinajstić information content (AvgIpc) is 2.30. The number of pyridine rings is 1. The summed E-state index contributed by atoms with van der Waals surface area (Å²) in [5, 5.41) is 9.16. The van der Waals surface area contributed by atoms with Crippen LogP contribution in [0, 0.1) is 5.82 Å². The summed E-state index contributed by atoms with van der Waals surface area (Å²) >= 11 is 5.91. The second-order valence-corrected chi connectivity index (χ2v) is 3.67. The maximum absolute atomic E-state index is 13.6. The molecule has 0 aliphatic heterocycles. The molecule has 0 unspecified atom stereocenters. The SMILES string of the molecule is COc1ccc(F)c2nc(C(=O)O)cc(Cl)c12. The predicted octanol–water partition coefficient (Wildman–Crippen LogP) is 2.73. The van der Waals surface area contributed by atoms with E-state index in [1.807, 2.05) is 0 Å². The number of carboxylic acid groups (broad SMARTS) is 1. The van der Waals surface area contributed by atoms with Gasteiger partial charge in [-0.2, -0.15) is 0 Å². The second-order valence-electron chi connectivity index (χ2n) is 3.27. The molecule has 1 aromatic carbocycles. The average molecular weight is 256 g/mol. The first-order chi connectivity index (χ1) is 8.04.